The highest BCUT2D eigenvalue weighted by Crippen LogP contribution is 2.10. The van der Waals surface area contributed by atoms with Gasteiger partial charge in [-0.1, -0.05) is 12.1 Å². The summed E-state index contributed by atoms with van der Waals surface area (Å²) in [7, 11) is 3.64. The number of carbonyl (C=O) groups is 1. The number of methoxy groups -OCH3 is 1. The summed E-state index contributed by atoms with van der Waals surface area (Å²) in [4.78, 5) is 14.0. The minimum absolute atomic E-state index is 0.164. The summed E-state index contributed by atoms with van der Waals surface area (Å²) in [5.74, 6) is 0.0408. The fourth-order valence-corrected chi connectivity index (χ4v) is 1.84. The fourth-order valence-electron chi connectivity index (χ4n) is 1.84. The Morgan fingerprint density at radius 2 is 2.05 bits per heavy atom. The van der Waals surface area contributed by atoms with E-state index in [0.29, 0.717) is 19.6 Å². The van der Waals surface area contributed by atoms with E-state index in [-0.39, 0.29) is 11.7 Å². The molecule has 6 nitrogen and oxygen atoms in total. The van der Waals surface area contributed by atoms with Crippen LogP contribution in [0.25, 0.3) is 0 Å². The van der Waals surface area contributed by atoms with Crippen LogP contribution in [0.15, 0.2) is 24.3 Å². The Balaban J connectivity index is 2.26. The minimum atomic E-state index is -0.584. The minimum Gasteiger partial charge on any atom is -0.508 e. The van der Waals surface area contributed by atoms with Gasteiger partial charge in [-0.2, -0.15) is 0 Å². The molecule has 0 aromatic heterocycles. The van der Waals surface area contributed by atoms with Crippen LogP contribution >= 0.6 is 0 Å². The molecule has 0 aliphatic rings. The molecule has 1 aromatic rings. The number of hydrogen-bond acceptors (Lipinski definition) is 5. The highest BCUT2D eigenvalue weighted by molar-refractivity contribution is 5.81. The Hall–Kier alpha value is -1.63. The van der Waals surface area contributed by atoms with Gasteiger partial charge >= 0.3 is 0 Å². The summed E-state index contributed by atoms with van der Waals surface area (Å²) in [6.07, 6.45) is 0.450. The number of phenolic OH excluding ortho intramolecular Hbond substituents is 1. The molecule has 4 N–H and O–H groups in total. The lowest BCUT2D eigenvalue weighted by Crippen LogP contribution is -2.44. The van der Waals surface area contributed by atoms with Crippen LogP contribution in [0.4, 0.5) is 0 Å². The van der Waals surface area contributed by atoms with Crippen LogP contribution < -0.4 is 11.1 Å². The number of nitrogens with zero attached hydrogens (tertiary/aromatic N) is 1. The molecular weight excluding hydrogens is 270 g/mol. The van der Waals surface area contributed by atoms with E-state index in [9.17, 15) is 9.90 Å². The SMILES string of the molecule is COCCN(C)CCNC(=O)C(N)Cc1ccc(O)cc1. The number of aromatic hydroxyl groups is 1. The fraction of sp³-hybridized carbons (Fsp3) is 0.533. The molecular formula is C15H25N3O3. The van der Waals surface area contributed by atoms with E-state index in [4.69, 9.17) is 10.5 Å². The Morgan fingerprint density at radius 3 is 2.67 bits per heavy atom. The predicted molar refractivity (Wildman–Crippen MR) is 82.2 cm³/mol. The van der Waals surface area contributed by atoms with Crippen molar-refractivity contribution in [2.45, 2.75) is 12.5 Å². The van der Waals surface area contributed by atoms with Crippen molar-refractivity contribution in [3.63, 3.8) is 0 Å². The Bertz CT molecular complexity index is 423. The number of hydrogen-bond donors (Lipinski definition) is 3. The predicted octanol–water partition coefficient (Wildman–Crippen LogP) is -0.0436. The van der Waals surface area contributed by atoms with Crippen LogP contribution in [0.3, 0.4) is 0 Å². The molecule has 0 radical (unpaired) electrons. The molecule has 0 bridgehead atoms. The summed E-state index contributed by atoms with van der Waals surface area (Å²) in [5, 5.41) is 12.0. The van der Waals surface area contributed by atoms with E-state index in [1.807, 2.05) is 7.05 Å². The van der Waals surface area contributed by atoms with Gasteiger partial charge in [-0.25, -0.2) is 0 Å². The van der Waals surface area contributed by atoms with Gasteiger partial charge in [0.25, 0.3) is 0 Å². The highest BCUT2D eigenvalue weighted by Gasteiger charge is 2.13. The van der Waals surface area contributed by atoms with Crippen LogP contribution in [0.5, 0.6) is 5.75 Å². The van der Waals surface area contributed by atoms with Crippen molar-refractivity contribution in [1.82, 2.24) is 10.2 Å². The number of carbonyl (C=O) groups excluding carboxylic acids is 1. The van der Waals surface area contributed by atoms with Crippen LogP contribution in [0.2, 0.25) is 0 Å². The van der Waals surface area contributed by atoms with E-state index in [1.165, 1.54) is 0 Å². The third-order valence-electron chi connectivity index (χ3n) is 3.20. The summed E-state index contributed by atoms with van der Waals surface area (Å²) in [6, 6.07) is 6.12. The smallest absolute Gasteiger partial charge is 0.237 e. The van der Waals surface area contributed by atoms with Crippen LogP contribution in [-0.2, 0) is 16.0 Å². The average Bonchev–Trinajstić information content (AvgIpc) is 2.47. The van der Waals surface area contributed by atoms with E-state index in [1.54, 1.807) is 31.4 Å². The van der Waals surface area contributed by atoms with Gasteiger partial charge in [0.05, 0.1) is 12.6 Å². The van der Waals surface area contributed by atoms with E-state index in [2.05, 4.69) is 10.2 Å². The van der Waals surface area contributed by atoms with Crippen molar-refractivity contribution in [2.24, 2.45) is 5.73 Å². The van der Waals surface area contributed by atoms with Crippen molar-refractivity contribution in [1.29, 1.82) is 0 Å². The molecule has 0 spiro atoms. The topological polar surface area (TPSA) is 87.8 Å². The summed E-state index contributed by atoms with van der Waals surface area (Å²) >= 11 is 0. The Labute approximate surface area is 125 Å². The van der Waals surface area contributed by atoms with Gasteiger partial charge in [0, 0.05) is 26.7 Å². The van der Waals surface area contributed by atoms with Crippen molar-refractivity contribution in [3.05, 3.63) is 29.8 Å². The maximum Gasteiger partial charge on any atom is 0.237 e. The lowest BCUT2D eigenvalue weighted by atomic mass is 10.1. The third kappa shape index (κ3) is 7.08. The molecule has 118 valence electrons. The second-order valence-corrected chi connectivity index (χ2v) is 5.06. The molecule has 21 heavy (non-hydrogen) atoms. The molecule has 0 saturated carbocycles. The molecule has 0 saturated heterocycles. The zero-order valence-corrected chi connectivity index (χ0v) is 12.7. The van der Waals surface area contributed by atoms with Crippen LogP contribution in [0.1, 0.15) is 5.56 Å². The molecule has 1 unspecified atom stereocenters. The molecule has 6 heteroatoms. The Morgan fingerprint density at radius 1 is 1.38 bits per heavy atom. The van der Waals surface area contributed by atoms with Gasteiger partial charge in [-0.15, -0.1) is 0 Å². The maximum atomic E-state index is 11.9. The molecule has 1 amide bonds. The van der Waals surface area contributed by atoms with Gasteiger partial charge < -0.3 is 25.8 Å². The molecule has 0 heterocycles. The third-order valence-corrected chi connectivity index (χ3v) is 3.20. The molecule has 1 atom stereocenters. The summed E-state index contributed by atoms with van der Waals surface area (Å²) < 4.78 is 4.99. The van der Waals surface area contributed by atoms with Crippen LogP contribution in [-0.4, -0.2) is 62.4 Å². The number of phenols is 1. The maximum absolute atomic E-state index is 11.9. The van der Waals surface area contributed by atoms with Gasteiger partial charge in [0.1, 0.15) is 5.75 Å². The van der Waals surface area contributed by atoms with Gasteiger partial charge in [0.2, 0.25) is 5.91 Å². The highest BCUT2D eigenvalue weighted by atomic mass is 16.5. The molecule has 0 aliphatic carbocycles. The summed E-state index contributed by atoms with van der Waals surface area (Å²) in [6.45, 7) is 2.81. The monoisotopic (exact) mass is 295 g/mol. The number of nitrogens with two attached hydrogens (primary N) is 1. The first-order valence-corrected chi connectivity index (χ1v) is 7.01. The van der Waals surface area contributed by atoms with Crippen LogP contribution in [0, 0.1) is 0 Å². The normalized spacial score (nSPS) is 12.4. The quantitative estimate of drug-likeness (QED) is 0.595. The van der Waals surface area contributed by atoms with E-state index >= 15 is 0 Å². The van der Waals surface area contributed by atoms with E-state index in [0.717, 1.165) is 18.7 Å². The van der Waals surface area contributed by atoms with Crippen molar-refractivity contribution < 1.29 is 14.6 Å². The second-order valence-electron chi connectivity index (χ2n) is 5.06. The van der Waals surface area contributed by atoms with E-state index < -0.39 is 6.04 Å². The molecule has 0 fully saturated rings. The first-order valence-electron chi connectivity index (χ1n) is 7.01. The van der Waals surface area contributed by atoms with Gasteiger partial charge in [0.15, 0.2) is 0 Å². The summed E-state index contributed by atoms with van der Waals surface area (Å²) in [5.41, 5.74) is 6.80. The number of likely N-dealkylation sites (N-methyl/N-ethyl adjacent to an activating group) is 1. The van der Waals surface area contributed by atoms with Gasteiger partial charge in [-0.05, 0) is 31.2 Å². The second kappa shape index (κ2) is 9.33. The number of nitrogens with one attached hydrogen (secondary N) is 1. The average molecular weight is 295 g/mol. The first kappa shape index (κ1) is 17.4. The zero-order chi connectivity index (χ0) is 15.7. The first-order chi connectivity index (χ1) is 10.0. The van der Waals surface area contributed by atoms with Crippen molar-refractivity contribution in [2.75, 3.05) is 40.4 Å². The van der Waals surface area contributed by atoms with Crippen molar-refractivity contribution in [3.8, 4) is 5.75 Å². The molecule has 1 aromatic carbocycles. The molecule has 1 rings (SSSR count). The lowest BCUT2D eigenvalue weighted by Gasteiger charge is -2.17. The van der Waals surface area contributed by atoms with Crippen molar-refractivity contribution >= 4 is 5.91 Å². The number of ether oxygens (including phenoxy) is 1. The zero-order valence-electron chi connectivity index (χ0n) is 12.7. The largest absolute Gasteiger partial charge is 0.508 e. The van der Waals surface area contributed by atoms with Gasteiger partial charge in [-0.3, -0.25) is 4.79 Å². The standard InChI is InChI=1S/C15H25N3O3/c1-18(9-10-21-2)8-7-17-15(20)14(16)11-12-3-5-13(19)6-4-12/h3-6,14,19H,7-11,16H2,1-2H3,(H,17,20). The number of rotatable bonds is 9. The Kier molecular flexibility index (Phi) is 7.74. The number of amides is 1. The molecule has 0 aliphatic heterocycles. The lowest BCUT2D eigenvalue weighted by molar-refractivity contribution is -0.122. The number of benzene rings is 1.